The minimum absolute atomic E-state index is 0.148. The third-order valence-electron chi connectivity index (χ3n) is 4.36. The van der Waals surface area contributed by atoms with Gasteiger partial charge < -0.3 is 9.84 Å². The highest BCUT2D eigenvalue weighted by molar-refractivity contribution is 7.85. The first kappa shape index (κ1) is 25.8. The Kier molecular flexibility index (Phi) is 8.19. The number of nitrogens with zero attached hydrogens (tertiary/aromatic N) is 2. The Bertz CT molecular complexity index is 1150. The molecule has 33 heavy (non-hydrogen) atoms. The molecule has 1 aromatic rings. The zero-order chi connectivity index (χ0) is 24.8. The van der Waals surface area contributed by atoms with Gasteiger partial charge in [-0.05, 0) is 30.7 Å². The molecule has 0 amide bonds. The second-order valence-corrected chi connectivity index (χ2v) is 8.64. The molecular weight excluding hydrogens is 460 g/mol. The van der Waals surface area contributed by atoms with Crippen molar-refractivity contribution >= 4 is 45.3 Å². The van der Waals surface area contributed by atoms with E-state index in [-0.39, 0.29) is 10.5 Å². The van der Waals surface area contributed by atoms with E-state index in [1.54, 1.807) is 0 Å². The number of benzene rings is 1. The highest BCUT2D eigenvalue weighted by atomic mass is 32.2. The summed E-state index contributed by atoms with van der Waals surface area (Å²) in [5, 5.41) is 17.5. The number of hydrogen-bond donors (Lipinski definition) is 2. The van der Waals surface area contributed by atoms with Crippen LogP contribution in [-0.4, -0.2) is 66.1 Å². The van der Waals surface area contributed by atoms with Gasteiger partial charge in [0.25, 0.3) is 15.9 Å². The van der Waals surface area contributed by atoms with E-state index in [1.165, 1.54) is 25.1 Å². The fraction of sp³-hybridized carbons (Fsp3) is 0.350. The Morgan fingerprint density at radius 1 is 1.00 bits per heavy atom. The molecule has 1 aliphatic heterocycles. The molecule has 0 aromatic heterocycles. The molecule has 0 spiro atoms. The van der Waals surface area contributed by atoms with Crippen molar-refractivity contribution in [1.82, 2.24) is 0 Å². The molecule has 0 saturated heterocycles. The molecular formula is C20H20N2O10S. The van der Waals surface area contributed by atoms with E-state index in [0.717, 1.165) is 12.1 Å². The maximum atomic E-state index is 12.5. The van der Waals surface area contributed by atoms with Gasteiger partial charge >= 0.3 is 5.97 Å². The second kappa shape index (κ2) is 10.5. The van der Waals surface area contributed by atoms with Crippen molar-refractivity contribution in [2.75, 3.05) is 13.1 Å². The monoisotopic (exact) mass is 480 g/mol. The zero-order valence-corrected chi connectivity index (χ0v) is 18.2. The molecule has 1 atom stereocenters. The predicted molar refractivity (Wildman–Crippen MR) is 109 cm³/mol. The van der Waals surface area contributed by atoms with Gasteiger partial charge in [0.05, 0.1) is 24.2 Å². The van der Waals surface area contributed by atoms with Gasteiger partial charge in [0.15, 0.2) is 11.6 Å². The number of esters is 1. The van der Waals surface area contributed by atoms with Crippen LogP contribution in [-0.2, 0) is 38.8 Å². The first-order valence-corrected chi connectivity index (χ1v) is 10.9. The fourth-order valence-corrected chi connectivity index (χ4v) is 3.19. The van der Waals surface area contributed by atoms with Gasteiger partial charge in [-0.25, -0.2) is 4.79 Å². The lowest BCUT2D eigenvalue weighted by Crippen LogP contribution is -2.46. The van der Waals surface area contributed by atoms with E-state index < -0.39 is 77.4 Å². The molecule has 0 bridgehead atoms. The molecule has 13 heteroatoms. The molecule has 0 aliphatic carbocycles. The van der Waals surface area contributed by atoms with E-state index in [2.05, 4.69) is 10.2 Å². The average Bonchev–Trinajstić information content (AvgIpc) is 2.69. The van der Waals surface area contributed by atoms with Crippen molar-refractivity contribution in [2.45, 2.75) is 36.9 Å². The molecule has 1 aromatic carbocycles. The zero-order valence-electron chi connectivity index (χ0n) is 17.4. The largest absolute Gasteiger partial charge is 0.422 e. The number of Topliss-reactive ketones (excluding diaryl/α,β-unsaturated/α-hetero) is 4. The number of ketones is 4. The Morgan fingerprint density at radius 2 is 1.55 bits per heavy atom. The molecule has 1 heterocycles. The maximum absolute atomic E-state index is 12.5. The summed E-state index contributed by atoms with van der Waals surface area (Å²) in [6, 6.07) is 4.72. The number of azo groups is 1. The van der Waals surface area contributed by atoms with Crippen LogP contribution >= 0.6 is 0 Å². The summed E-state index contributed by atoms with van der Waals surface area (Å²) in [6.45, 7) is 0.276. The van der Waals surface area contributed by atoms with Gasteiger partial charge in [-0.2, -0.15) is 18.6 Å². The third kappa shape index (κ3) is 7.59. The first-order valence-electron chi connectivity index (χ1n) is 9.43. The van der Waals surface area contributed by atoms with Crippen molar-refractivity contribution in [3.8, 4) is 0 Å². The lowest BCUT2D eigenvalue weighted by Gasteiger charge is -2.26. The molecule has 12 nitrogen and oxygen atoms in total. The van der Waals surface area contributed by atoms with Crippen LogP contribution in [0.4, 0.5) is 0 Å². The van der Waals surface area contributed by atoms with Gasteiger partial charge in [0.2, 0.25) is 5.78 Å². The Morgan fingerprint density at radius 3 is 2.09 bits per heavy atom. The fourth-order valence-electron chi connectivity index (χ4n) is 2.71. The standard InChI is InChI=1S/C20H20N2O10S/c1-12(6-13-2-4-17(5-3-13)33(29,30)31)19(27)32-20(28)9-14(23)7-15(24)10-21-22-11-16(25)8-18(20)26/h2-6,28H,7-11H2,1H3,(H,29,30,31). The average molecular weight is 480 g/mol. The Balaban J connectivity index is 2.26. The minimum atomic E-state index is -4.41. The Hall–Kier alpha value is -3.42. The SMILES string of the molecule is CC(=Cc1ccc(S(=O)(=O)O)cc1)C(=O)OC1(O)CC(=O)CC(=O)CN=NCC(=O)CC1=O. The van der Waals surface area contributed by atoms with Crippen LogP contribution in [0.15, 0.2) is 45.0 Å². The first-order chi connectivity index (χ1) is 15.3. The van der Waals surface area contributed by atoms with Crippen LogP contribution in [0.2, 0.25) is 0 Å². The number of hydrogen-bond acceptors (Lipinski definition) is 11. The van der Waals surface area contributed by atoms with E-state index in [1.807, 2.05) is 0 Å². The van der Waals surface area contributed by atoms with Crippen LogP contribution in [0.25, 0.3) is 6.08 Å². The van der Waals surface area contributed by atoms with Gasteiger partial charge in [0.1, 0.15) is 18.9 Å². The van der Waals surface area contributed by atoms with Crippen LogP contribution < -0.4 is 0 Å². The number of ether oxygens (including phenoxy) is 1. The Labute approximate surface area is 188 Å². The van der Waals surface area contributed by atoms with Crippen LogP contribution in [0.3, 0.4) is 0 Å². The highest BCUT2D eigenvalue weighted by Gasteiger charge is 2.43. The summed E-state index contributed by atoms with van der Waals surface area (Å²) < 4.78 is 36.1. The number of carbonyl (C=O) groups is 5. The lowest BCUT2D eigenvalue weighted by molar-refractivity contribution is -0.208. The van der Waals surface area contributed by atoms with Crippen molar-refractivity contribution < 1.29 is 46.8 Å². The van der Waals surface area contributed by atoms with Crippen molar-refractivity contribution in [3.05, 3.63) is 35.4 Å². The lowest BCUT2D eigenvalue weighted by atomic mass is 9.98. The van der Waals surface area contributed by atoms with E-state index in [0.29, 0.717) is 5.56 Å². The normalized spacial score (nSPS) is 21.4. The van der Waals surface area contributed by atoms with Crippen LogP contribution in [0, 0.1) is 0 Å². The van der Waals surface area contributed by atoms with Crippen molar-refractivity contribution in [1.29, 1.82) is 0 Å². The van der Waals surface area contributed by atoms with Crippen LogP contribution in [0.5, 0.6) is 0 Å². The quantitative estimate of drug-likeness (QED) is 0.201. The smallest absolute Gasteiger partial charge is 0.336 e. The second-order valence-electron chi connectivity index (χ2n) is 7.21. The highest BCUT2D eigenvalue weighted by Crippen LogP contribution is 2.22. The summed E-state index contributed by atoms with van der Waals surface area (Å²) in [7, 11) is -4.41. The number of rotatable bonds is 4. The topological polar surface area (TPSA) is 194 Å². The van der Waals surface area contributed by atoms with E-state index in [9.17, 15) is 37.5 Å². The van der Waals surface area contributed by atoms with Crippen molar-refractivity contribution in [2.24, 2.45) is 10.2 Å². The summed E-state index contributed by atoms with van der Waals surface area (Å²) in [4.78, 5) is 60.3. The summed E-state index contributed by atoms with van der Waals surface area (Å²) in [5.41, 5.74) is 0.168. The summed E-state index contributed by atoms with van der Waals surface area (Å²) >= 11 is 0. The van der Waals surface area contributed by atoms with Crippen LogP contribution in [0.1, 0.15) is 31.7 Å². The predicted octanol–water partition coefficient (Wildman–Crippen LogP) is 0.481. The molecule has 0 fully saturated rings. The molecule has 2 N–H and O–H groups in total. The van der Waals surface area contributed by atoms with Gasteiger partial charge in [-0.1, -0.05) is 12.1 Å². The van der Waals surface area contributed by atoms with E-state index in [4.69, 9.17) is 9.29 Å². The maximum Gasteiger partial charge on any atom is 0.336 e. The van der Waals surface area contributed by atoms with Crippen molar-refractivity contribution in [3.63, 3.8) is 0 Å². The molecule has 176 valence electrons. The minimum Gasteiger partial charge on any atom is -0.422 e. The summed E-state index contributed by atoms with van der Waals surface area (Å²) in [5.74, 6) is -7.79. The third-order valence-corrected chi connectivity index (χ3v) is 5.23. The number of carbonyl (C=O) groups excluding carboxylic acids is 5. The summed E-state index contributed by atoms with van der Waals surface area (Å²) in [6.07, 6.45) is -1.38. The molecule has 1 unspecified atom stereocenters. The van der Waals surface area contributed by atoms with Gasteiger partial charge in [-0.3, -0.25) is 23.7 Å². The molecule has 2 rings (SSSR count). The molecule has 1 aliphatic rings. The molecule has 0 radical (unpaired) electrons. The van der Waals surface area contributed by atoms with Gasteiger partial charge in [0, 0.05) is 5.57 Å². The number of aliphatic hydroxyl groups is 1. The van der Waals surface area contributed by atoms with E-state index >= 15 is 0 Å². The van der Waals surface area contributed by atoms with Gasteiger partial charge in [-0.15, -0.1) is 0 Å². The molecule has 0 saturated carbocycles.